The summed E-state index contributed by atoms with van der Waals surface area (Å²) in [5.74, 6) is 1.07. The number of phenolic OH excluding ortho intramolecular Hbond substituents is 1. The third-order valence-electron chi connectivity index (χ3n) is 4.00. The molecule has 1 heterocycles. The predicted octanol–water partition coefficient (Wildman–Crippen LogP) is 2.90. The van der Waals surface area contributed by atoms with Gasteiger partial charge >= 0.3 is 5.16 Å². The second-order valence-corrected chi connectivity index (χ2v) is 7.55. The molecule has 30 heavy (non-hydrogen) atoms. The number of aromatic nitrogens is 3. The van der Waals surface area contributed by atoms with Crippen LogP contribution < -0.4 is 14.7 Å². The molecule has 0 aliphatic carbocycles. The summed E-state index contributed by atoms with van der Waals surface area (Å²) in [6.07, 6.45) is 1.45. The number of halogens is 1. The van der Waals surface area contributed by atoms with Gasteiger partial charge < -0.3 is 9.84 Å². The van der Waals surface area contributed by atoms with Crippen molar-refractivity contribution in [2.24, 2.45) is 12.1 Å². The average molecular weight is 447 g/mol. The van der Waals surface area contributed by atoms with Crippen molar-refractivity contribution >= 4 is 35.5 Å². The van der Waals surface area contributed by atoms with Crippen molar-refractivity contribution in [2.75, 3.05) is 12.4 Å². The van der Waals surface area contributed by atoms with Crippen molar-refractivity contribution in [1.82, 2.24) is 15.6 Å². The maximum absolute atomic E-state index is 12.1. The summed E-state index contributed by atoms with van der Waals surface area (Å²) in [6.45, 7) is 2.30. The number of nitrogens with zero attached hydrogens (tertiary/aromatic N) is 3. The first kappa shape index (κ1) is 21.7. The van der Waals surface area contributed by atoms with Crippen LogP contribution in [0.5, 0.6) is 11.5 Å². The van der Waals surface area contributed by atoms with Crippen LogP contribution in [0.2, 0.25) is 5.02 Å². The van der Waals surface area contributed by atoms with Crippen LogP contribution in [0.25, 0.3) is 11.4 Å². The number of aromatic hydroxyl groups is 1. The van der Waals surface area contributed by atoms with Gasteiger partial charge in [0.1, 0.15) is 0 Å². The maximum Gasteiger partial charge on any atom is 0.337 e. The van der Waals surface area contributed by atoms with Gasteiger partial charge in [-0.3, -0.25) is 4.79 Å². The Labute approximate surface area is 182 Å². The van der Waals surface area contributed by atoms with Gasteiger partial charge in [0.15, 0.2) is 11.5 Å². The third-order valence-corrected chi connectivity index (χ3v) is 5.26. The summed E-state index contributed by atoms with van der Waals surface area (Å²) >= 11 is 7.32. The number of carbonyl (C=O) groups excluding carboxylic acids is 1. The van der Waals surface area contributed by atoms with Crippen LogP contribution in [0, 0.1) is 0 Å². The molecule has 8 nitrogen and oxygen atoms in total. The van der Waals surface area contributed by atoms with Crippen LogP contribution in [0.1, 0.15) is 12.5 Å². The Morgan fingerprint density at radius 2 is 2.23 bits per heavy atom. The highest BCUT2D eigenvalue weighted by Crippen LogP contribution is 2.26. The highest BCUT2D eigenvalue weighted by atomic mass is 35.5. The minimum Gasteiger partial charge on any atom is -0.504 e. The SMILES string of the molecule is CCOc1ccc(C=NNC(=O)CSc2n[nH]c(-c3cccc(Cl)c3)[n+]2C)cc1O. The lowest BCUT2D eigenvalue weighted by Gasteiger charge is -2.05. The number of ether oxygens (including phenoxy) is 1. The number of amides is 1. The lowest BCUT2D eigenvalue weighted by atomic mass is 10.2. The molecule has 3 aromatic rings. The first-order valence-electron chi connectivity index (χ1n) is 9.08. The lowest BCUT2D eigenvalue weighted by molar-refractivity contribution is -0.698. The van der Waals surface area contributed by atoms with Gasteiger partial charge in [-0.15, -0.1) is 5.10 Å². The van der Waals surface area contributed by atoms with Crippen molar-refractivity contribution in [3.05, 3.63) is 53.1 Å². The molecule has 0 spiro atoms. The topological polar surface area (TPSA) is 103 Å². The normalized spacial score (nSPS) is 11.0. The quantitative estimate of drug-likeness (QED) is 0.213. The summed E-state index contributed by atoms with van der Waals surface area (Å²) in [7, 11) is 1.86. The van der Waals surface area contributed by atoms with Crippen molar-refractivity contribution in [2.45, 2.75) is 12.1 Å². The molecule has 2 aromatic carbocycles. The maximum atomic E-state index is 12.1. The lowest BCUT2D eigenvalue weighted by Crippen LogP contribution is -2.32. The van der Waals surface area contributed by atoms with Crippen LogP contribution >= 0.6 is 23.4 Å². The molecule has 1 aromatic heterocycles. The minimum atomic E-state index is -0.279. The van der Waals surface area contributed by atoms with Gasteiger partial charge in [-0.1, -0.05) is 17.7 Å². The van der Waals surface area contributed by atoms with Crippen LogP contribution in [-0.2, 0) is 11.8 Å². The zero-order chi connectivity index (χ0) is 21.5. The Morgan fingerprint density at radius 1 is 1.40 bits per heavy atom. The van der Waals surface area contributed by atoms with E-state index in [-0.39, 0.29) is 17.4 Å². The molecule has 0 saturated heterocycles. The van der Waals surface area contributed by atoms with Gasteiger partial charge in [-0.05, 0) is 60.6 Å². The van der Waals surface area contributed by atoms with E-state index in [2.05, 4.69) is 20.7 Å². The van der Waals surface area contributed by atoms with Gasteiger partial charge in [0.25, 0.3) is 11.7 Å². The molecule has 0 atom stereocenters. The molecule has 1 amide bonds. The van der Waals surface area contributed by atoms with E-state index in [9.17, 15) is 9.90 Å². The van der Waals surface area contributed by atoms with Crippen LogP contribution in [0.3, 0.4) is 0 Å². The molecule has 0 aliphatic rings. The van der Waals surface area contributed by atoms with E-state index in [0.29, 0.717) is 28.1 Å². The summed E-state index contributed by atoms with van der Waals surface area (Å²) < 4.78 is 7.13. The molecular weight excluding hydrogens is 426 g/mol. The van der Waals surface area contributed by atoms with Crippen molar-refractivity contribution in [1.29, 1.82) is 0 Å². The zero-order valence-corrected chi connectivity index (χ0v) is 18.0. The first-order chi connectivity index (χ1) is 14.5. The molecule has 3 rings (SSSR count). The monoisotopic (exact) mass is 446 g/mol. The molecule has 0 bridgehead atoms. The number of hydrazone groups is 1. The minimum absolute atomic E-state index is 0.0178. The Morgan fingerprint density at radius 3 is 2.97 bits per heavy atom. The van der Waals surface area contributed by atoms with Crippen molar-refractivity contribution in [3.63, 3.8) is 0 Å². The third kappa shape index (κ3) is 5.52. The fraction of sp³-hybridized carbons (Fsp3) is 0.200. The van der Waals surface area contributed by atoms with Crippen molar-refractivity contribution < 1.29 is 19.2 Å². The summed E-state index contributed by atoms with van der Waals surface area (Å²) in [6, 6.07) is 12.3. The summed E-state index contributed by atoms with van der Waals surface area (Å²) in [5, 5.41) is 22.3. The number of H-pyrrole nitrogens is 1. The number of carbonyl (C=O) groups is 1. The molecule has 3 N–H and O–H groups in total. The fourth-order valence-electron chi connectivity index (χ4n) is 2.60. The highest BCUT2D eigenvalue weighted by molar-refractivity contribution is 7.99. The molecule has 0 fully saturated rings. The number of phenols is 1. The smallest absolute Gasteiger partial charge is 0.337 e. The van der Waals surface area contributed by atoms with Crippen LogP contribution in [-0.4, -0.2) is 39.8 Å². The van der Waals surface area contributed by atoms with Gasteiger partial charge in [0.2, 0.25) is 0 Å². The van der Waals surface area contributed by atoms with E-state index in [0.717, 1.165) is 11.4 Å². The number of thioether (sulfide) groups is 1. The average Bonchev–Trinajstić information content (AvgIpc) is 3.09. The van der Waals surface area contributed by atoms with E-state index in [1.54, 1.807) is 18.2 Å². The molecule has 0 aliphatic heterocycles. The number of nitrogens with one attached hydrogen (secondary N) is 2. The Hall–Kier alpha value is -3.04. The standard InChI is InChI=1S/C20H20ClN5O3S/c1-3-29-17-8-7-13(9-16(17)27)11-22-23-18(28)12-30-20-25-24-19(26(20)2)14-5-4-6-15(21)10-14/h4-11H,3,12H2,1-2H3,(H2,23,27,28)/p+1. The molecule has 156 valence electrons. The number of hydrogen-bond acceptors (Lipinski definition) is 6. The second-order valence-electron chi connectivity index (χ2n) is 6.17. The molecule has 0 saturated carbocycles. The number of rotatable bonds is 8. The van der Waals surface area contributed by atoms with E-state index in [4.69, 9.17) is 16.3 Å². The van der Waals surface area contributed by atoms with Gasteiger partial charge in [-0.25, -0.2) is 9.99 Å². The zero-order valence-electron chi connectivity index (χ0n) is 16.4. The largest absolute Gasteiger partial charge is 0.504 e. The van der Waals surface area contributed by atoms with Crippen molar-refractivity contribution in [3.8, 4) is 22.9 Å². The highest BCUT2D eigenvalue weighted by Gasteiger charge is 2.20. The summed E-state index contributed by atoms with van der Waals surface area (Å²) in [4.78, 5) is 12.1. The second kappa shape index (κ2) is 10.1. The Kier molecular flexibility index (Phi) is 7.31. The van der Waals surface area contributed by atoms with E-state index >= 15 is 0 Å². The van der Waals surface area contributed by atoms with Crippen LogP contribution in [0.15, 0.2) is 52.7 Å². The Bertz CT molecular complexity index is 1070. The van der Waals surface area contributed by atoms with E-state index in [1.807, 2.05) is 36.7 Å². The van der Waals surface area contributed by atoms with Gasteiger partial charge in [-0.2, -0.15) is 5.10 Å². The van der Waals surface area contributed by atoms with E-state index < -0.39 is 0 Å². The number of hydrogen-bond donors (Lipinski definition) is 3. The van der Waals surface area contributed by atoms with E-state index in [1.165, 1.54) is 24.0 Å². The predicted molar refractivity (Wildman–Crippen MR) is 116 cm³/mol. The number of benzene rings is 2. The molecular formula is C20H21ClN5O3S+. The summed E-state index contributed by atoms with van der Waals surface area (Å²) in [5.41, 5.74) is 3.99. The molecule has 0 radical (unpaired) electrons. The fourth-order valence-corrected chi connectivity index (χ4v) is 3.51. The molecule has 10 heteroatoms. The molecule has 0 unspecified atom stereocenters. The Balaban J connectivity index is 1.54. The first-order valence-corrected chi connectivity index (χ1v) is 10.4. The number of aromatic amines is 1. The van der Waals surface area contributed by atoms with Gasteiger partial charge in [0.05, 0.1) is 36.3 Å². The van der Waals surface area contributed by atoms with Crippen LogP contribution in [0.4, 0.5) is 0 Å². The van der Waals surface area contributed by atoms with Gasteiger partial charge in [0, 0.05) is 5.02 Å².